The van der Waals surface area contributed by atoms with E-state index >= 15 is 0 Å². The number of aryl methyl sites for hydroxylation is 1. The van der Waals surface area contributed by atoms with Crippen molar-refractivity contribution in [3.8, 4) is 11.4 Å². The number of anilines is 1. The van der Waals surface area contributed by atoms with Gasteiger partial charge in [-0.15, -0.1) is 10.2 Å². The third-order valence-corrected chi connectivity index (χ3v) is 2.21. The summed E-state index contributed by atoms with van der Waals surface area (Å²) in [4.78, 5) is 0. The van der Waals surface area contributed by atoms with E-state index < -0.39 is 11.6 Å². The van der Waals surface area contributed by atoms with Gasteiger partial charge in [0.05, 0.1) is 5.56 Å². The smallest absolute Gasteiger partial charge is 0.241 e. The molecule has 2 rings (SSSR count). The van der Waals surface area contributed by atoms with Crippen LogP contribution in [0.25, 0.3) is 11.4 Å². The molecule has 0 saturated heterocycles. The Morgan fingerprint density at radius 2 is 1.88 bits per heavy atom. The Bertz CT molecular complexity index is 549. The molecule has 0 amide bonds. The second-order valence-corrected chi connectivity index (χ2v) is 3.33. The van der Waals surface area contributed by atoms with E-state index in [2.05, 4.69) is 10.2 Å². The summed E-state index contributed by atoms with van der Waals surface area (Å²) in [7, 11) is 0. The lowest BCUT2D eigenvalue weighted by atomic mass is 10.1. The largest absolute Gasteiger partial charge is 0.366 e. The summed E-state index contributed by atoms with van der Waals surface area (Å²) < 4.78 is 27.5. The van der Waals surface area contributed by atoms with Crippen LogP contribution in [0.15, 0.2) is 12.1 Å². The molecule has 1 heterocycles. The highest BCUT2D eigenvalue weighted by Crippen LogP contribution is 2.23. The average molecular weight is 225 g/mol. The summed E-state index contributed by atoms with van der Waals surface area (Å²) in [6.45, 7) is 1.51. The topological polar surface area (TPSA) is 82.8 Å². The van der Waals surface area contributed by atoms with Crippen LogP contribution in [-0.2, 0) is 0 Å². The van der Waals surface area contributed by atoms with Gasteiger partial charge in [0, 0.05) is 6.07 Å². The quantitative estimate of drug-likeness (QED) is 0.704. The Kier molecular flexibility index (Phi) is 2.22. The molecule has 84 valence electrons. The highest BCUT2D eigenvalue weighted by molar-refractivity contribution is 5.59. The molecule has 2 aromatic rings. The van der Waals surface area contributed by atoms with Gasteiger partial charge in [0.15, 0.2) is 5.82 Å². The highest BCUT2D eigenvalue weighted by atomic mass is 19.1. The van der Waals surface area contributed by atoms with E-state index in [4.69, 9.17) is 11.6 Å². The number of nitrogen functional groups attached to an aromatic ring is 2. The number of aromatic nitrogens is 3. The first kappa shape index (κ1) is 10.3. The van der Waals surface area contributed by atoms with Gasteiger partial charge in [0.1, 0.15) is 11.6 Å². The molecule has 16 heavy (non-hydrogen) atoms. The van der Waals surface area contributed by atoms with Crippen LogP contribution < -0.4 is 11.6 Å². The van der Waals surface area contributed by atoms with E-state index in [0.717, 1.165) is 10.7 Å². The maximum atomic E-state index is 13.5. The minimum Gasteiger partial charge on any atom is -0.366 e. The first-order valence-corrected chi connectivity index (χ1v) is 4.42. The van der Waals surface area contributed by atoms with Crippen molar-refractivity contribution < 1.29 is 8.78 Å². The summed E-state index contributed by atoms with van der Waals surface area (Å²) in [6.07, 6.45) is 0. The van der Waals surface area contributed by atoms with Crippen molar-refractivity contribution in [1.29, 1.82) is 0 Å². The molecule has 0 aliphatic rings. The fourth-order valence-corrected chi connectivity index (χ4v) is 1.32. The first-order valence-electron chi connectivity index (χ1n) is 4.42. The van der Waals surface area contributed by atoms with Gasteiger partial charge < -0.3 is 11.6 Å². The minimum absolute atomic E-state index is 0.0450. The first-order chi connectivity index (χ1) is 7.50. The Morgan fingerprint density at radius 1 is 1.19 bits per heavy atom. The Hall–Kier alpha value is -2.18. The molecule has 7 heteroatoms. The van der Waals surface area contributed by atoms with Crippen LogP contribution in [0.2, 0.25) is 0 Å². The van der Waals surface area contributed by atoms with Crippen molar-refractivity contribution >= 4 is 5.95 Å². The molecule has 0 aliphatic heterocycles. The lowest BCUT2D eigenvalue weighted by Crippen LogP contribution is -2.14. The van der Waals surface area contributed by atoms with Crippen LogP contribution in [0.3, 0.4) is 0 Å². The second-order valence-electron chi connectivity index (χ2n) is 3.33. The van der Waals surface area contributed by atoms with Gasteiger partial charge in [-0.1, -0.05) is 0 Å². The van der Waals surface area contributed by atoms with Gasteiger partial charge in [-0.2, -0.15) is 0 Å². The molecule has 1 aromatic carbocycles. The molecule has 0 fully saturated rings. The minimum atomic E-state index is -0.762. The fraction of sp³-hybridized carbons (Fsp3) is 0.111. The van der Waals surface area contributed by atoms with Crippen molar-refractivity contribution in [3.63, 3.8) is 0 Å². The van der Waals surface area contributed by atoms with Gasteiger partial charge in [0.2, 0.25) is 5.95 Å². The molecule has 0 unspecified atom stereocenters. The van der Waals surface area contributed by atoms with Crippen LogP contribution in [0.4, 0.5) is 14.7 Å². The summed E-state index contributed by atoms with van der Waals surface area (Å²) >= 11 is 0. The van der Waals surface area contributed by atoms with E-state index in [9.17, 15) is 8.78 Å². The lowest BCUT2D eigenvalue weighted by Gasteiger charge is -2.05. The van der Waals surface area contributed by atoms with E-state index in [0.29, 0.717) is 0 Å². The van der Waals surface area contributed by atoms with E-state index in [1.807, 2.05) is 0 Å². The molecule has 0 spiro atoms. The van der Waals surface area contributed by atoms with E-state index in [1.165, 1.54) is 13.0 Å². The van der Waals surface area contributed by atoms with Crippen molar-refractivity contribution in [2.45, 2.75) is 6.92 Å². The second kappa shape index (κ2) is 3.44. The van der Waals surface area contributed by atoms with Gasteiger partial charge >= 0.3 is 0 Å². The monoisotopic (exact) mass is 225 g/mol. The zero-order chi connectivity index (χ0) is 11.9. The Morgan fingerprint density at radius 3 is 2.44 bits per heavy atom. The van der Waals surface area contributed by atoms with E-state index in [1.54, 1.807) is 0 Å². The molecule has 5 nitrogen and oxygen atoms in total. The SMILES string of the molecule is Cc1cc(-c2nnc(N)n2N)c(F)cc1F. The number of benzene rings is 1. The molecule has 0 radical (unpaired) electrons. The maximum Gasteiger partial charge on any atom is 0.241 e. The van der Waals surface area contributed by atoms with E-state index in [-0.39, 0.29) is 22.9 Å². The predicted molar refractivity (Wildman–Crippen MR) is 54.7 cm³/mol. The van der Waals surface area contributed by atoms with Gasteiger partial charge in [-0.25, -0.2) is 13.5 Å². The van der Waals surface area contributed by atoms with Crippen LogP contribution in [0.1, 0.15) is 5.56 Å². The van der Waals surface area contributed by atoms with Gasteiger partial charge in [-0.05, 0) is 18.6 Å². The summed E-state index contributed by atoms with van der Waals surface area (Å²) in [5, 5.41) is 7.11. The molecule has 4 N–H and O–H groups in total. The molecule has 0 atom stereocenters. The van der Waals surface area contributed by atoms with Gasteiger partial charge in [0.25, 0.3) is 0 Å². The molecule has 0 saturated carbocycles. The van der Waals surface area contributed by atoms with Crippen molar-refractivity contribution in [3.05, 3.63) is 29.3 Å². The fourth-order valence-electron chi connectivity index (χ4n) is 1.32. The molecular formula is C9H9F2N5. The zero-order valence-electron chi connectivity index (χ0n) is 8.41. The maximum absolute atomic E-state index is 13.5. The summed E-state index contributed by atoms with van der Waals surface area (Å²) in [5.41, 5.74) is 5.71. The standard InChI is InChI=1S/C9H9F2N5/c1-4-2-5(7(11)3-6(4)10)8-14-15-9(12)16(8)13/h2-3H,13H2,1H3,(H2,12,15). The van der Waals surface area contributed by atoms with Crippen molar-refractivity contribution in [2.24, 2.45) is 0 Å². The van der Waals surface area contributed by atoms with Crippen LogP contribution in [0, 0.1) is 18.6 Å². The van der Waals surface area contributed by atoms with Crippen molar-refractivity contribution in [1.82, 2.24) is 14.9 Å². The average Bonchev–Trinajstić information content (AvgIpc) is 2.54. The number of hydrogen-bond donors (Lipinski definition) is 2. The number of hydrogen-bond acceptors (Lipinski definition) is 4. The number of nitrogens with two attached hydrogens (primary N) is 2. The highest BCUT2D eigenvalue weighted by Gasteiger charge is 2.15. The summed E-state index contributed by atoms with van der Waals surface area (Å²) in [5.74, 6) is 4.12. The Labute approximate surface area is 89.7 Å². The molecule has 0 aliphatic carbocycles. The number of halogens is 2. The van der Waals surface area contributed by atoms with Gasteiger partial charge in [-0.3, -0.25) is 0 Å². The van der Waals surface area contributed by atoms with Crippen LogP contribution >= 0.6 is 0 Å². The predicted octanol–water partition coefficient (Wildman–Crippen LogP) is 0.828. The van der Waals surface area contributed by atoms with Crippen LogP contribution in [-0.4, -0.2) is 14.9 Å². The molecular weight excluding hydrogens is 216 g/mol. The van der Waals surface area contributed by atoms with Crippen molar-refractivity contribution in [2.75, 3.05) is 11.6 Å². The molecule has 1 aromatic heterocycles. The third kappa shape index (κ3) is 1.46. The zero-order valence-corrected chi connectivity index (χ0v) is 8.41. The third-order valence-electron chi connectivity index (χ3n) is 2.21. The van der Waals surface area contributed by atoms with Crippen LogP contribution in [0.5, 0.6) is 0 Å². The lowest BCUT2D eigenvalue weighted by molar-refractivity contribution is 0.578. The number of rotatable bonds is 1. The summed E-state index contributed by atoms with van der Waals surface area (Å²) in [6, 6.07) is 2.08. The Balaban J connectivity index is 2.65. The number of nitrogens with zero attached hydrogens (tertiary/aromatic N) is 3. The normalized spacial score (nSPS) is 10.7. The molecule has 0 bridgehead atoms.